The summed E-state index contributed by atoms with van der Waals surface area (Å²) in [7, 11) is 0. The molecule has 0 amide bonds. The van der Waals surface area contributed by atoms with Gasteiger partial charge in [0, 0.05) is 34.3 Å². The van der Waals surface area contributed by atoms with Crippen LogP contribution in [-0.2, 0) is 0 Å². The van der Waals surface area contributed by atoms with Crippen LogP contribution >= 0.6 is 15.9 Å². The predicted molar refractivity (Wildman–Crippen MR) is 55.0 cm³/mol. The van der Waals surface area contributed by atoms with E-state index in [1.165, 1.54) is 6.07 Å². The third-order valence-electron chi connectivity index (χ3n) is 2.27. The molecule has 1 heterocycles. The Morgan fingerprint density at radius 3 is 3.00 bits per heavy atom. The van der Waals surface area contributed by atoms with Crippen molar-refractivity contribution in [2.24, 2.45) is 4.99 Å². The van der Waals surface area contributed by atoms with Gasteiger partial charge in [0.1, 0.15) is 5.82 Å². The first-order chi connectivity index (χ1) is 6.20. The molecule has 0 aliphatic carbocycles. The minimum absolute atomic E-state index is 0.128. The zero-order chi connectivity index (χ0) is 9.42. The van der Waals surface area contributed by atoms with E-state index in [1.54, 1.807) is 12.3 Å². The van der Waals surface area contributed by atoms with Gasteiger partial charge in [0.15, 0.2) is 0 Å². The third-order valence-corrected chi connectivity index (χ3v) is 2.96. The second-order valence-electron chi connectivity index (χ2n) is 3.25. The number of nitrogens with zero attached hydrogens (tertiary/aromatic N) is 1. The molecule has 2 rings (SSSR count). The average molecular weight is 242 g/mol. The first kappa shape index (κ1) is 8.88. The van der Waals surface area contributed by atoms with E-state index in [2.05, 4.69) is 20.9 Å². The van der Waals surface area contributed by atoms with E-state index in [1.807, 2.05) is 6.92 Å². The number of hydrogen-bond acceptors (Lipinski definition) is 1. The molecule has 1 aliphatic heterocycles. The number of hydrogen-bond donors (Lipinski definition) is 0. The van der Waals surface area contributed by atoms with E-state index in [-0.39, 0.29) is 11.7 Å². The maximum absolute atomic E-state index is 13.4. The van der Waals surface area contributed by atoms with Gasteiger partial charge in [0.05, 0.1) is 0 Å². The fraction of sp³-hybridized carbons (Fsp3) is 0.300. The summed E-state index contributed by atoms with van der Waals surface area (Å²) in [5, 5.41) is 0. The quantitative estimate of drug-likeness (QED) is 0.662. The van der Waals surface area contributed by atoms with E-state index < -0.39 is 0 Å². The molecule has 0 saturated carbocycles. The highest BCUT2D eigenvalue weighted by Crippen LogP contribution is 2.30. The summed E-state index contributed by atoms with van der Waals surface area (Å²) in [4.78, 5) is 4.18. The number of benzene rings is 1. The van der Waals surface area contributed by atoms with Crippen molar-refractivity contribution in [2.75, 3.05) is 6.54 Å². The highest BCUT2D eigenvalue weighted by molar-refractivity contribution is 9.10. The molecule has 1 unspecified atom stereocenters. The SMILES string of the molecule is CC1CN=Cc2c(Br)ccc(F)c21. The Hall–Kier alpha value is -0.700. The first-order valence-corrected chi connectivity index (χ1v) is 4.97. The van der Waals surface area contributed by atoms with Crippen molar-refractivity contribution in [3.8, 4) is 0 Å². The van der Waals surface area contributed by atoms with Crippen molar-refractivity contribution in [1.82, 2.24) is 0 Å². The second kappa shape index (κ2) is 3.22. The van der Waals surface area contributed by atoms with Crippen molar-refractivity contribution in [1.29, 1.82) is 0 Å². The number of halogens is 2. The van der Waals surface area contributed by atoms with Crippen LogP contribution in [0.5, 0.6) is 0 Å². The summed E-state index contributed by atoms with van der Waals surface area (Å²) in [6, 6.07) is 3.22. The van der Waals surface area contributed by atoms with Gasteiger partial charge in [-0.3, -0.25) is 4.99 Å². The van der Waals surface area contributed by atoms with Crippen LogP contribution in [0.2, 0.25) is 0 Å². The molecule has 3 heteroatoms. The molecule has 0 aromatic heterocycles. The average Bonchev–Trinajstić information content (AvgIpc) is 2.12. The van der Waals surface area contributed by atoms with E-state index >= 15 is 0 Å². The van der Waals surface area contributed by atoms with Gasteiger partial charge in [-0.1, -0.05) is 22.9 Å². The van der Waals surface area contributed by atoms with Gasteiger partial charge >= 0.3 is 0 Å². The van der Waals surface area contributed by atoms with Crippen molar-refractivity contribution in [3.63, 3.8) is 0 Å². The van der Waals surface area contributed by atoms with Crippen LogP contribution < -0.4 is 0 Å². The van der Waals surface area contributed by atoms with Crippen LogP contribution in [0.15, 0.2) is 21.6 Å². The Balaban J connectivity index is 2.69. The fourth-order valence-corrected chi connectivity index (χ4v) is 2.06. The molecule has 0 saturated heterocycles. The van der Waals surface area contributed by atoms with Crippen LogP contribution in [0, 0.1) is 5.82 Å². The Labute approximate surface area is 84.8 Å². The van der Waals surface area contributed by atoms with E-state index in [9.17, 15) is 4.39 Å². The zero-order valence-corrected chi connectivity index (χ0v) is 8.81. The predicted octanol–water partition coefficient (Wildman–Crippen LogP) is 3.12. The van der Waals surface area contributed by atoms with Gasteiger partial charge in [-0.05, 0) is 12.1 Å². The number of fused-ring (bicyclic) bond motifs is 1. The van der Waals surface area contributed by atoms with Crippen LogP contribution in [-0.4, -0.2) is 12.8 Å². The number of aliphatic imine (C=N–C) groups is 1. The van der Waals surface area contributed by atoms with Gasteiger partial charge in [-0.25, -0.2) is 4.39 Å². The Bertz CT molecular complexity index is 373. The van der Waals surface area contributed by atoms with Crippen molar-refractivity contribution >= 4 is 22.1 Å². The van der Waals surface area contributed by atoms with Gasteiger partial charge < -0.3 is 0 Å². The van der Waals surface area contributed by atoms with Crippen LogP contribution in [0.25, 0.3) is 0 Å². The highest BCUT2D eigenvalue weighted by Gasteiger charge is 2.19. The Morgan fingerprint density at radius 2 is 2.31 bits per heavy atom. The molecule has 0 radical (unpaired) electrons. The van der Waals surface area contributed by atoms with Crippen molar-refractivity contribution < 1.29 is 4.39 Å². The summed E-state index contributed by atoms with van der Waals surface area (Å²) in [5.41, 5.74) is 1.67. The molecule has 0 N–H and O–H groups in total. The standard InChI is InChI=1S/C10H9BrFN/c1-6-4-13-5-7-8(11)2-3-9(12)10(6)7/h2-3,5-6H,4H2,1H3. The van der Waals surface area contributed by atoms with Gasteiger partial charge in [-0.15, -0.1) is 0 Å². The minimum atomic E-state index is -0.128. The van der Waals surface area contributed by atoms with Crippen molar-refractivity contribution in [3.05, 3.63) is 33.5 Å². The van der Waals surface area contributed by atoms with E-state index in [4.69, 9.17) is 0 Å². The topological polar surface area (TPSA) is 12.4 Å². The summed E-state index contributed by atoms with van der Waals surface area (Å²) in [6.45, 7) is 2.67. The lowest BCUT2D eigenvalue weighted by atomic mass is 9.93. The van der Waals surface area contributed by atoms with Gasteiger partial charge in [0.2, 0.25) is 0 Å². The molecule has 13 heavy (non-hydrogen) atoms. The first-order valence-electron chi connectivity index (χ1n) is 4.18. The Morgan fingerprint density at radius 1 is 1.54 bits per heavy atom. The van der Waals surface area contributed by atoms with Crippen LogP contribution in [0.1, 0.15) is 24.0 Å². The molecule has 1 aliphatic rings. The number of rotatable bonds is 0. The lowest BCUT2D eigenvalue weighted by molar-refractivity contribution is 0.587. The molecule has 0 fully saturated rings. The third kappa shape index (κ3) is 1.41. The largest absolute Gasteiger partial charge is 0.292 e. The summed E-state index contributed by atoms with van der Waals surface area (Å²) >= 11 is 3.39. The Kier molecular flexibility index (Phi) is 2.20. The van der Waals surface area contributed by atoms with E-state index in [0.29, 0.717) is 6.54 Å². The molecule has 68 valence electrons. The fourth-order valence-electron chi connectivity index (χ4n) is 1.61. The summed E-state index contributed by atoms with van der Waals surface area (Å²) in [5.74, 6) is 0.0503. The second-order valence-corrected chi connectivity index (χ2v) is 4.11. The van der Waals surface area contributed by atoms with Crippen LogP contribution in [0.3, 0.4) is 0 Å². The zero-order valence-electron chi connectivity index (χ0n) is 7.22. The molecule has 0 bridgehead atoms. The van der Waals surface area contributed by atoms with E-state index in [0.717, 1.165) is 15.6 Å². The minimum Gasteiger partial charge on any atom is -0.292 e. The normalized spacial score (nSPS) is 20.1. The molecule has 1 aromatic carbocycles. The summed E-state index contributed by atoms with van der Waals surface area (Å²) < 4.78 is 14.3. The van der Waals surface area contributed by atoms with Crippen LogP contribution in [0.4, 0.5) is 4.39 Å². The molecule has 1 nitrogen and oxygen atoms in total. The molecule has 0 spiro atoms. The monoisotopic (exact) mass is 241 g/mol. The molecular weight excluding hydrogens is 233 g/mol. The highest BCUT2D eigenvalue weighted by atomic mass is 79.9. The molecule has 1 atom stereocenters. The summed E-state index contributed by atoms with van der Waals surface area (Å²) in [6.07, 6.45) is 1.74. The molecule has 1 aromatic rings. The smallest absolute Gasteiger partial charge is 0.127 e. The molecular formula is C10H9BrFN. The van der Waals surface area contributed by atoms with Crippen molar-refractivity contribution in [2.45, 2.75) is 12.8 Å². The maximum Gasteiger partial charge on any atom is 0.127 e. The maximum atomic E-state index is 13.4. The van der Waals surface area contributed by atoms with Gasteiger partial charge in [0.25, 0.3) is 0 Å². The lowest BCUT2D eigenvalue weighted by Crippen LogP contribution is -2.11. The lowest BCUT2D eigenvalue weighted by Gasteiger charge is -2.18. The van der Waals surface area contributed by atoms with Gasteiger partial charge in [-0.2, -0.15) is 0 Å².